The molecule has 0 bridgehead atoms. The summed E-state index contributed by atoms with van der Waals surface area (Å²) < 4.78 is 11.6. The first-order chi connectivity index (χ1) is 10.7. The molecule has 0 fully saturated rings. The Morgan fingerprint density at radius 3 is 3.00 bits per heavy atom. The fraction of sp³-hybridized carbons (Fsp3) is 0.438. The van der Waals surface area contributed by atoms with Gasteiger partial charge in [-0.1, -0.05) is 6.42 Å². The van der Waals surface area contributed by atoms with E-state index in [1.165, 1.54) is 7.11 Å². The van der Waals surface area contributed by atoms with Gasteiger partial charge in [0.1, 0.15) is 11.6 Å². The Morgan fingerprint density at radius 1 is 1.32 bits per heavy atom. The fourth-order valence-electron chi connectivity index (χ4n) is 2.69. The molecular weight excluding hydrogens is 284 g/mol. The lowest BCUT2D eigenvalue weighted by Gasteiger charge is -2.11. The molecule has 0 amide bonds. The maximum atomic E-state index is 12.6. The van der Waals surface area contributed by atoms with Crippen molar-refractivity contribution in [3.05, 3.63) is 34.4 Å². The highest BCUT2D eigenvalue weighted by Gasteiger charge is 2.14. The smallest absolute Gasteiger partial charge is 0.343 e. The number of rotatable bonds is 3. The Morgan fingerprint density at radius 2 is 2.18 bits per heavy atom. The van der Waals surface area contributed by atoms with Crippen LogP contribution in [0.5, 0.6) is 5.75 Å². The molecule has 2 heterocycles. The van der Waals surface area contributed by atoms with Crippen LogP contribution in [0.4, 0.5) is 0 Å². The van der Waals surface area contributed by atoms with E-state index in [1.54, 1.807) is 22.8 Å². The van der Waals surface area contributed by atoms with E-state index in [2.05, 4.69) is 9.72 Å². The molecule has 3 rings (SSSR count). The molecule has 0 aliphatic carbocycles. The zero-order valence-corrected chi connectivity index (χ0v) is 12.5. The van der Waals surface area contributed by atoms with Crippen LogP contribution in [0.2, 0.25) is 0 Å². The summed E-state index contributed by atoms with van der Waals surface area (Å²) >= 11 is 0. The molecule has 0 saturated heterocycles. The SMILES string of the molecule is COC(=O)COc1ccc2nc3n(c(=O)c2c1)CCCCC3. The summed E-state index contributed by atoms with van der Waals surface area (Å²) in [4.78, 5) is 28.4. The van der Waals surface area contributed by atoms with Crippen LogP contribution in [0.3, 0.4) is 0 Å². The van der Waals surface area contributed by atoms with Gasteiger partial charge in [0.15, 0.2) is 6.61 Å². The molecule has 0 N–H and O–H groups in total. The summed E-state index contributed by atoms with van der Waals surface area (Å²) in [6.45, 7) is 0.534. The Kier molecular flexibility index (Phi) is 4.09. The molecule has 22 heavy (non-hydrogen) atoms. The highest BCUT2D eigenvalue weighted by molar-refractivity contribution is 5.79. The van der Waals surface area contributed by atoms with Crippen molar-refractivity contribution in [2.45, 2.75) is 32.2 Å². The van der Waals surface area contributed by atoms with Crippen molar-refractivity contribution in [3.8, 4) is 5.75 Å². The highest BCUT2D eigenvalue weighted by atomic mass is 16.6. The standard InChI is InChI=1S/C16H18N2O4/c1-21-15(19)10-22-11-6-7-13-12(9-11)16(20)18-8-4-2-3-5-14(18)17-13/h6-7,9H,2-5,8,10H2,1H3. The van der Waals surface area contributed by atoms with Crippen molar-refractivity contribution in [1.29, 1.82) is 0 Å². The minimum Gasteiger partial charge on any atom is -0.482 e. The number of aromatic nitrogens is 2. The van der Waals surface area contributed by atoms with E-state index < -0.39 is 5.97 Å². The molecule has 116 valence electrons. The normalized spacial score (nSPS) is 14.2. The third-order valence-corrected chi connectivity index (χ3v) is 3.87. The number of hydrogen-bond donors (Lipinski definition) is 0. The van der Waals surface area contributed by atoms with Gasteiger partial charge in [0.2, 0.25) is 0 Å². The molecule has 6 heteroatoms. The lowest BCUT2D eigenvalue weighted by molar-refractivity contribution is -0.142. The maximum Gasteiger partial charge on any atom is 0.343 e. The van der Waals surface area contributed by atoms with Crippen LogP contribution in [0.15, 0.2) is 23.0 Å². The number of methoxy groups -OCH3 is 1. The monoisotopic (exact) mass is 302 g/mol. The van der Waals surface area contributed by atoms with Crippen LogP contribution in [0.1, 0.15) is 25.1 Å². The van der Waals surface area contributed by atoms with E-state index in [4.69, 9.17) is 4.74 Å². The van der Waals surface area contributed by atoms with Crippen molar-refractivity contribution < 1.29 is 14.3 Å². The Hall–Kier alpha value is -2.37. The lowest BCUT2D eigenvalue weighted by atomic mass is 10.2. The predicted octanol–water partition coefficient (Wildman–Crippen LogP) is 1.67. The molecule has 1 aliphatic heterocycles. The van der Waals surface area contributed by atoms with Crippen LogP contribution < -0.4 is 10.3 Å². The number of hydrogen-bond acceptors (Lipinski definition) is 5. The maximum absolute atomic E-state index is 12.6. The van der Waals surface area contributed by atoms with Crippen LogP contribution in [-0.2, 0) is 22.5 Å². The second-order valence-corrected chi connectivity index (χ2v) is 5.34. The third-order valence-electron chi connectivity index (χ3n) is 3.87. The fourth-order valence-corrected chi connectivity index (χ4v) is 2.69. The van der Waals surface area contributed by atoms with Gasteiger partial charge in [-0.05, 0) is 31.0 Å². The first-order valence-electron chi connectivity index (χ1n) is 7.42. The number of ether oxygens (including phenoxy) is 2. The number of carbonyl (C=O) groups excluding carboxylic acids is 1. The summed E-state index contributed by atoms with van der Waals surface area (Å²) in [5, 5.41) is 0.521. The van der Waals surface area contributed by atoms with Gasteiger partial charge >= 0.3 is 5.97 Å². The molecule has 1 aromatic heterocycles. The quantitative estimate of drug-likeness (QED) is 0.807. The van der Waals surface area contributed by atoms with Gasteiger partial charge in [-0.2, -0.15) is 0 Å². The largest absolute Gasteiger partial charge is 0.482 e. The van der Waals surface area contributed by atoms with Crippen molar-refractivity contribution >= 4 is 16.9 Å². The molecule has 0 radical (unpaired) electrons. The van der Waals surface area contributed by atoms with Crippen molar-refractivity contribution in [2.75, 3.05) is 13.7 Å². The Bertz CT molecular complexity index is 767. The van der Waals surface area contributed by atoms with E-state index in [-0.39, 0.29) is 12.2 Å². The minimum atomic E-state index is -0.461. The van der Waals surface area contributed by atoms with Gasteiger partial charge in [0.05, 0.1) is 18.0 Å². The molecule has 0 unspecified atom stereocenters. The summed E-state index contributed by atoms with van der Waals surface area (Å²) in [6.07, 6.45) is 4.02. The summed E-state index contributed by atoms with van der Waals surface area (Å²) in [5.41, 5.74) is 0.633. The number of esters is 1. The van der Waals surface area contributed by atoms with Gasteiger partial charge in [-0.25, -0.2) is 9.78 Å². The lowest BCUT2D eigenvalue weighted by Crippen LogP contribution is -2.24. The molecule has 2 aromatic rings. The molecular formula is C16H18N2O4. The number of benzene rings is 1. The van der Waals surface area contributed by atoms with Gasteiger partial charge < -0.3 is 9.47 Å². The molecule has 6 nitrogen and oxygen atoms in total. The van der Waals surface area contributed by atoms with Crippen molar-refractivity contribution in [1.82, 2.24) is 9.55 Å². The zero-order valence-electron chi connectivity index (χ0n) is 12.5. The predicted molar refractivity (Wildman–Crippen MR) is 81.1 cm³/mol. The van der Waals surface area contributed by atoms with Crippen LogP contribution in [-0.4, -0.2) is 29.2 Å². The summed E-state index contributed by atoms with van der Waals surface area (Å²) in [6, 6.07) is 5.12. The number of aryl methyl sites for hydroxylation is 1. The van der Waals surface area contributed by atoms with Gasteiger partial charge in [-0.3, -0.25) is 9.36 Å². The van der Waals surface area contributed by atoms with E-state index in [9.17, 15) is 9.59 Å². The first kappa shape index (κ1) is 14.6. The van der Waals surface area contributed by atoms with E-state index in [0.29, 0.717) is 23.2 Å². The van der Waals surface area contributed by atoms with Crippen molar-refractivity contribution in [3.63, 3.8) is 0 Å². The first-order valence-corrected chi connectivity index (χ1v) is 7.42. The molecule has 0 atom stereocenters. The minimum absolute atomic E-state index is 0.0366. The van der Waals surface area contributed by atoms with Crippen molar-refractivity contribution in [2.24, 2.45) is 0 Å². The van der Waals surface area contributed by atoms with Crippen LogP contribution in [0, 0.1) is 0 Å². The van der Waals surface area contributed by atoms with Crippen LogP contribution >= 0.6 is 0 Å². The highest BCUT2D eigenvalue weighted by Crippen LogP contribution is 2.19. The Labute approximate surface area is 127 Å². The van der Waals surface area contributed by atoms with Gasteiger partial charge in [-0.15, -0.1) is 0 Å². The molecule has 0 spiro atoms. The second kappa shape index (κ2) is 6.17. The number of nitrogens with zero attached hydrogens (tertiary/aromatic N) is 2. The van der Waals surface area contributed by atoms with E-state index >= 15 is 0 Å². The molecule has 1 aliphatic rings. The van der Waals surface area contributed by atoms with Gasteiger partial charge in [0, 0.05) is 13.0 Å². The second-order valence-electron chi connectivity index (χ2n) is 5.34. The number of fused-ring (bicyclic) bond motifs is 2. The summed E-state index contributed by atoms with van der Waals surface area (Å²) in [5.74, 6) is 0.862. The molecule has 0 saturated carbocycles. The third kappa shape index (κ3) is 2.81. The van der Waals surface area contributed by atoms with E-state index in [1.807, 2.05) is 0 Å². The Balaban J connectivity index is 1.99. The van der Waals surface area contributed by atoms with Crippen LogP contribution in [0.25, 0.3) is 10.9 Å². The summed E-state index contributed by atoms with van der Waals surface area (Å²) in [7, 11) is 1.30. The van der Waals surface area contributed by atoms with Gasteiger partial charge in [0.25, 0.3) is 5.56 Å². The van der Waals surface area contributed by atoms with E-state index in [0.717, 1.165) is 31.5 Å². The topological polar surface area (TPSA) is 70.4 Å². The number of carbonyl (C=O) groups is 1. The zero-order chi connectivity index (χ0) is 15.5. The molecule has 1 aromatic carbocycles. The average molecular weight is 302 g/mol. The average Bonchev–Trinajstić information content (AvgIpc) is 2.78.